The molecular formula is C16H21N. The maximum Gasteiger partial charge on any atom is 0.0401 e. The van der Waals surface area contributed by atoms with Crippen molar-refractivity contribution in [3.63, 3.8) is 0 Å². The highest BCUT2D eigenvalue weighted by Crippen LogP contribution is 2.24. The van der Waals surface area contributed by atoms with Gasteiger partial charge in [0.05, 0.1) is 0 Å². The van der Waals surface area contributed by atoms with Crippen molar-refractivity contribution in [1.82, 2.24) is 5.32 Å². The molecule has 0 spiro atoms. The summed E-state index contributed by atoms with van der Waals surface area (Å²) in [5.74, 6) is 0. The maximum absolute atomic E-state index is 4.17. The third-order valence-corrected chi connectivity index (χ3v) is 2.66. The molecule has 1 nitrogen and oxygen atoms in total. The summed E-state index contributed by atoms with van der Waals surface area (Å²) in [6.07, 6.45) is 6.09. The SMILES string of the molecule is C=C(C1=CC=CNC1)c1ccccc1C.CC. The van der Waals surface area contributed by atoms with Gasteiger partial charge in [-0.3, -0.25) is 0 Å². The molecule has 0 bridgehead atoms. The van der Waals surface area contributed by atoms with Crippen molar-refractivity contribution in [1.29, 1.82) is 0 Å². The van der Waals surface area contributed by atoms with Crippen molar-refractivity contribution in [2.75, 3.05) is 6.54 Å². The van der Waals surface area contributed by atoms with Gasteiger partial charge in [0.25, 0.3) is 0 Å². The van der Waals surface area contributed by atoms with Gasteiger partial charge in [0, 0.05) is 6.54 Å². The van der Waals surface area contributed by atoms with E-state index in [-0.39, 0.29) is 0 Å². The quantitative estimate of drug-likeness (QED) is 0.802. The highest BCUT2D eigenvalue weighted by Gasteiger charge is 2.07. The zero-order valence-corrected chi connectivity index (χ0v) is 11.0. The Kier molecular flexibility index (Phi) is 5.28. The van der Waals surface area contributed by atoms with Crippen LogP contribution in [0.2, 0.25) is 0 Å². The van der Waals surface area contributed by atoms with E-state index in [2.05, 4.69) is 49.2 Å². The molecule has 90 valence electrons. The predicted octanol–water partition coefficient (Wildman–Crippen LogP) is 4.08. The second kappa shape index (κ2) is 6.74. The zero-order valence-electron chi connectivity index (χ0n) is 11.0. The second-order valence-electron chi connectivity index (χ2n) is 3.73. The summed E-state index contributed by atoms with van der Waals surface area (Å²) in [5.41, 5.74) is 4.88. The summed E-state index contributed by atoms with van der Waals surface area (Å²) < 4.78 is 0. The molecule has 0 fully saturated rings. The molecule has 0 aromatic heterocycles. The van der Waals surface area contributed by atoms with Crippen LogP contribution in [-0.2, 0) is 0 Å². The molecule has 0 atom stereocenters. The van der Waals surface area contributed by atoms with Gasteiger partial charge in [-0.15, -0.1) is 0 Å². The molecule has 0 saturated heterocycles. The van der Waals surface area contributed by atoms with E-state index in [1.54, 1.807) is 0 Å². The van der Waals surface area contributed by atoms with Crippen molar-refractivity contribution in [3.05, 3.63) is 65.9 Å². The highest BCUT2D eigenvalue weighted by atomic mass is 14.8. The number of benzene rings is 1. The fourth-order valence-electron chi connectivity index (χ4n) is 1.75. The molecule has 1 aromatic carbocycles. The third kappa shape index (κ3) is 3.35. The van der Waals surface area contributed by atoms with Crippen molar-refractivity contribution in [2.24, 2.45) is 0 Å². The number of dihydropyridines is 1. The minimum atomic E-state index is 0.865. The van der Waals surface area contributed by atoms with Crippen LogP contribution in [-0.4, -0.2) is 6.54 Å². The standard InChI is InChI=1S/C14H15N.C2H6/c1-11-6-3-4-8-14(11)12(2)13-7-5-9-15-10-13;1-2/h3-9,15H,2,10H2,1H3;1-2H3. The Labute approximate surface area is 105 Å². The number of hydrogen-bond acceptors (Lipinski definition) is 1. The Bertz CT molecular complexity index is 439. The van der Waals surface area contributed by atoms with Gasteiger partial charge < -0.3 is 5.32 Å². The largest absolute Gasteiger partial charge is 0.387 e. The fraction of sp³-hybridized carbons (Fsp3) is 0.250. The zero-order chi connectivity index (χ0) is 12.7. The van der Waals surface area contributed by atoms with Crippen LogP contribution >= 0.6 is 0 Å². The van der Waals surface area contributed by atoms with Crippen molar-refractivity contribution < 1.29 is 0 Å². The van der Waals surface area contributed by atoms with Gasteiger partial charge in [0.2, 0.25) is 0 Å². The van der Waals surface area contributed by atoms with E-state index in [1.165, 1.54) is 16.7 Å². The molecule has 1 aliphatic rings. The molecule has 1 aromatic rings. The minimum Gasteiger partial charge on any atom is -0.387 e. The van der Waals surface area contributed by atoms with Crippen LogP contribution < -0.4 is 5.32 Å². The van der Waals surface area contributed by atoms with Crippen LogP contribution in [0, 0.1) is 6.92 Å². The van der Waals surface area contributed by atoms with Crippen molar-refractivity contribution in [3.8, 4) is 0 Å². The van der Waals surface area contributed by atoms with E-state index < -0.39 is 0 Å². The number of rotatable bonds is 2. The van der Waals surface area contributed by atoms with Crippen LogP contribution in [0.5, 0.6) is 0 Å². The van der Waals surface area contributed by atoms with E-state index in [0.717, 1.165) is 12.1 Å². The predicted molar refractivity (Wildman–Crippen MR) is 76.8 cm³/mol. The van der Waals surface area contributed by atoms with Gasteiger partial charge in [-0.1, -0.05) is 50.8 Å². The van der Waals surface area contributed by atoms with Crippen LogP contribution in [0.4, 0.5) is 0 Å². The summed E-state index contributed by atoms with van der Waals surface area (Å²) >= 11 is 0. The molecule has 1 heterocycles. The molecule has 1 aliphatic heterocycles. The van der Waals surface area contributed by atoms with Crippen molar-refractivity contribution in [2.45, 2.75) is 20.8 Å². The minimum absolute atomic E-state index is 0.865. The first kappa shape index (κ1) is 13.3. The van der Waals surface area contributed by atoms with Crippen LogP contribution in [0.15, 0.2) is 54.8 Å². The Morgan fingerprint density at radius 3 is 2.53 bits per heavy atom. The smallest absolute Gasteiger partial charge is 0.0401 e. The average molecular weight is 227 g/mol. The number of aryl methyl sites for hydroxylation is 1. The second-order valence-corrected chi connectivity index (χ2v) is 3.73. The number of allylic oxidation sites excluding steroid dienone is 2. The lowest BCUT2D eigenvalue weighted by molar-refractivity contribution is 0.945. The van der Waals surface area contributed by atoms with Gasteiger partial charge in [0.1, 0.15) is 0 Å². The van der Waals surface area contributed by atoms with E-state index in [4.69, 9.17) is 0 Å². The van der Waals surface area contributed by atoms with Gasteiger partial charge >= 0.3 is 0 Å². The number of hydrogen-bond donors (Lipinski definition) is 1. The molecule has 17 heavy (non-hydrogen) atoms. The molecule has 1 heteroatoms. The molecular weight excluding hydrogens is 206 g/mol. The van der Waals surface area contributed by atoms with E-state index >= 15 is 0 Å². The molecule has 0 aliphatic carbocycles. The van der Waals surface area contributed by atoms with Crippen LogP contribution in [0.3, 0.4) is 0 Å². The Morgan fingerprint density at radius 1 is 1.24 bits per heavy atom. The van der Waals surface area contributed by atoms with Crippen LogP contribution in [0.25, 0.3) is 5.57 Å². The maximum atomic E-state index is 4.17. The first-order valence-electron chi connectivity index (χ1n) is 6.13. The Balaban J connectivity index is 0.000000686. The Morgan fingerprint density at radius 2 is 1.94 bits per heavy atom. The molecule has 0 radical (unpaired) electrons. The summed E-state index contributed by atoms with van der Waals surface area (Å²) in [4.78, 5) is 0. The summed E-state index contributed by atoms with van der Waals surface area (Å²) in [6, 6.07) is 8.35. The third-order valence-electron chi connectivity index (χ3n) is 2.66. The molecule has 0 unspecified atom stereocenters. The normalized spacial score (nSPS) is 13.0. The Hall–Kier alpha value is -1.76. The lowest BCUT2D eigenvalue weighted by Gasteiger charge is -2.15. The summed E-state index contributed by atoms with van der Waals surface area (Å²) in [5, 5.41) is 3.20. The first-order valence-corrected chi connectivity index (χ1v) is 6.13. The first-order chi connectivity index (χ1) is 8.29. The fourth-order valence-corrected chi connectivity index (χ4v) is 1.75. The molecule has 1 N–H and O–H groups in total. The van der Waals surface area contributed by atoms with E-state index in [9.17, 15) is 0 Å². The number of nitrogens with one attached hydrogen (secondary N) is 1. The van der Waals surface area contributed by atoms with E-state index in [1.807, 2.05) is 26.1 Å². The van der Waals surface area contributed by atoms with Gasteiger partial charge in [-0.25, -0.2) is 0 Å². The van der Waals surface area contributed by atoms with Gasteiger partial charge in [0.15, 0.2) is 0 Å². The monoisotopic (exact) mass is 227 g/mol. The molecule has 2 rings (SSSR count). The topological polar surface area (TPSA) is 12.0 Å². The van der Waals surface area contributed by atoms with Crippen LogP contribution in [0.1, 0.15) is 25.0 Å². The summed E-state index contributed by atoms with van der Waals surface area (Å²) in [7, 11) is 0. The lowest BCUT2D eigenvalue weighted by atomic mass is 9.95. The average Bonchev–Trinajstić information content (AvgIpc) is 2.42. The molecule has 0 amide bonds. The van der Waals surface area contributed by atoms with Gasteiger partial charge in [-0.05, 0) is 41.5 Å². The summed E-state index contributed by atoms with van der Waals surface area (Å²) in [6.45, 7) is 11.2. The lowest BCUT2D eigenvalue weighted by Crippen LogP contribution is -2.13. The van der Waals surface area contributed by atoms with Gasteiger partial charge in [-0.2, -0.15) is 0 Å². The molecule has 0 saturated carbocycles. The van der Waals surface area contributed by atoms with Crippen molar-refractivity contribution >= 4 is 5.57 Å². The van der Waals surface area contributed by atoms with E-state index in [0.29, 0.717) is 0 Å². The highest BCUT2D eigenvalue weighted by molar-refractivity contribution is 5.79.